The fourth-order valence-corrected chi connectivity index (χ4v) is 6.38. The summed E-state index contributed by atoms with van der Waals surface area (Å²) in [6, 6.07) is 7.67. The summed E-state index contributed by atoms with van der Waals surface area (Å²) in [6.45, 7) is 1.16. The smallest absolute Gasteiger partial charge is 0.324 e. The molecule has 0 aromatic heterocycles. The van der Waals surface area contributed by atoms with Crippen molar-refractivity contribution in [2.45, 2.75) is 17.6 Å². The largest absolute Gasteiger partial charge is 0.342 e. The summed E-state index contributed by atoms with van der Waals surface area (Å²) < 4.78 is 22.9. The van der Waals surface area contributed by atoms with Gasteiger partial charge in [0.15, 0.2) is 10.5 Å². The van der Waals surface area contributed by atoms with E-state index in [4.69, 9.17) is 0 Å². The van der Waals surface area contributed by atoms with Crippen molar-refractivity contribution in [2.75, 3.05) is 0 Å². The predicted octanol–water partition coefficient (Wildman–Crippen LogP) is 1.69. The van der Waals surface area contributed by atoms with E-state index in [0.717, 1.165) is 6.92 Å². The Kier molecular flexibility index (Phi) is 5.75. The lowest BCUT2D eigenvalue weighted by atomic mass is 10.2. The Morgan fingerprint density at radius 1 is 1.05 bits per heavy atom. The lowest BCUT2D eigenvalue weighted by Gasteiger charge is -2.27. The molecule has 1 aromatic rings. The van der Waals surface area contributed by atoms with E-state index in [0.29, 0.717) is 11.8 Å². The molecule has 7 nitrogen and oxygen atoms in total. The molecule has 0 heterocycles. The molecule has 0 saturated heterocycles. The van der Waals surface area contributed by atoms with E-state index in [1.165, 1.54) is 12.1 Å². The van der Waals surface area contributed by atoms with Gasteiger partial charge in [-0.05, 0) is 5.56 Å². The van der Waals surface area contributed by atoms with Gasteiger partial charge in [-0.25, -0.2) is 0 Å². The second-order valence-corrected chi connectivity index (χ2v) is 9.23. The molecule has 0 saturated carbocycles. The van der Waals surface area contributed by atoms with Crippen LogP contribution in [-0.2, 0) is 13.9 Å². The third kappa shape index (κ3) is 4.82. The Morgan fingerprint density at radius 2 is 1.50 bits per heavy atom. The third-order valence-corrected chi connectivity index (χ3v) is 7.69. The molecule has 0 aliphatic rings. The molecule has 1 unspecified atom stereocenters. The molecule has 0 bridgehead atoms. The van der Waals surface area contributed by atoms with Crippen LogP contribution in [0.25, 0.3) is 0 Å². The van der Waals surface area contributed by atoms with Gasteiger partial charge in [0.05, 0.1) is 5.25 Å². The highest BCUT2D eigenvalue weighted by molar-refractivity contribution is 8.14. The minimum Gasteiger partial charge on any atom is -0.324 e. The quantitative estimate of drug-likeness (QED) is 0.595. The first-order chi connectivity index (χ1) is 9.03. The maximum absolute atomic E-state index is 11.5. The SMILES string of the molecule is CC(=O)SC(c1ccccc1)C(P(=O)(O)O)P(=O)(O)O. The molecule has 0 fully saturated rings. The van der Waals surface area contributed by atoms with Crippen LogP contribution in [0.3, 0.4) is 0 Å². The van der Waals surface area contributed by atoms with Crippen molar-refractivity contribution >= 4 is 32.1 Å². The molecule has 0 aliphatic carbocycles. The predicted molar refractivity (Wildman–Crippen MR) is 75.3 cm³/mol. The molecule has 0 aliphatic heterocycles. The summed E-state index contributed by atoms with van der Waals surface area (Å²) in [6.07, 6.45) is 0. The Balaban J connectivity index is 3.37. The first kappa shape index (κ1) is 17.6. The fraction of sp³-hybridized carbons (Fsp3) is 0.300. The molecule has 20 heavy (non-hydrogen) atoms. The first-order valence-corrected chi connectivity index (χ1v) is 9.60. The maximum Gasteiger partial charge on any atom is 0.342 e. The van der Waals surface area contributed by atoms with Gasteiger partial charge in [0.1, 0.15) is 0 Å². The van der Waals surface area contributed by atoms with Crippen molar-refractivity contribution in [3.05, 3.63) is 35.9 Å². The monoisotopic (exact) mass is 340 g/mol. The highest BCUT2D eigenvalue weighted by atomic mass is 32.2. The standard InChI is InChI=1S/C10H14O7P2S/c1-7(11)20-9(8-5-3-2-4-6-8)10(18(12,13)14)19(15,16)17/h2-6,9-10H,1H3,(H2,12,13,14)(H2,15,16,17). The summed E-state index contributed by atoms with van der Waals surface area (Å²) in [7, 11) is -10.2. The van der Waals surface area contributed by atoms with Crippen LogP contribution in [0.15, 0.2) is 30.3 Å². The first-order valence-electron chi connectivity index (χ1n) is 5.36. The zero-order chi connectivity index (χ0) is 15.6. The van der Waals surface area contributed by atoms with Gasteiger partial charge >= 0.3 is 15.2 Å². The second-order valence-electron chi connectivity index (χ2n) is 4.03. The van der Waals surface area contributed by atoms with E-state index in [2.05, 4.69) is 0 Å². The van der Waals surface area contributed by atoms with Gasteiger partial charge in [-0.3, -0.25) is 13.9 Å². The van der Waals surface area contributed by atoms with Crippen molar-refractivity contribution in [1.29, 1.82) is 0 Å². The van der Waals surface area contributed by atoms with E-state index in [1.54, 1.807) is 18.2 Å². The van der Waals surface area contributed by atoms with Crippen molar-refractivity contribution in [3.8, 4) is 0 Å². The summed E-state index contributed by atoms with van der Waals surface area (Å²) >= 11 is 0.491. The number of hydrogen-bond acceptors (Lipinski definition) is 4. The van der Waals surface area contributed by atoms with Crippen LogP contribution >= 0.6 is 27.0 Å². The van der Waals surface area contributed by atoms with Crippen molar-refractivity contribution < 1.29 is 33.5 Å². The summed E-state index contributed by atoms with van der Waals surface area (Å²) in [5.74, 6) is 0. The fourth-order valence-electron chi connectivity index (χ4n) is 1.67. The Morgan fingerprint density at radius 3 is 1.85 bits per heavy atom. The van der Waals surface area contributed by atoms with Gasteiger partial charge in [0, 0.05) is 6.92 Å². The van der Waals surface area contributed by atoms with E-state index in [9.17, 15) is 33.5 Å². The molecule has 0 amide bonds. The number of carbonyl (C=O) groups is 1. The molecule has 10 heteroatoms. The van der Waals surface area contributed by atoms with Crippen LogP contribution in [-0.4, -0.2) is 30.1 Å². The van der Waals surface area contributed by atoms with Crippen LogP contribution in [0.1, 0.15) is 17.7 Å². The van der Waals surface area contributed by atoms with Crippen molar-refractivity contribution in [1.82, 2.24) is 0 Å². The summed E-state index contributed by atoms with van der Waals surface area (Å²) in [5, 5.41) is -4.08. The van der Waals surface area contributed by atoms with Crippen molar-refractivity contribution in [3.63, 3.8) is 0 Å². The number of hydrogen-bond donors (Lipinski definition) is 4. The van der Waals surface area contributed by atoms with Gasteiger partial charge in [0.25, 0.3) is 0 Å². The topological polar surface area (TPSA) is 132 Å². The number of benzene rings is 1. The highest BCUT2D eigenvalue weighted by Crippen LogP contribution is 2.66. The van der Waals surface area contributed by atoms with Gasteiger partial charge in [0.2, 0.25) is 0 Å². The van der Waals surface area contributed by atoms with Crippen LogP contribution in [0.5, 0.6) is 0 Å². The highest BCUT2D eigenvalue weighted by Gasteiger charge is 2.50. The number of thioether (sulfide) groups is 1. The normalized spacial score (nSPS) is 14.3. The minimum absolute atomic E-state index is 0.268. The van der Waals surface area contributed by atoms with E-state index < -0.39 is 31.0 Å². The number of carbonyl (C=O) groups excluding carboxylic acids is 1. The third-order valence-electron chi connectivity index (χ3n) is 2.38. The van der Waals surface area contributed by atoms with Crippen LogP contribution in [0.4, 0.5) is 0 Å². The van der Waals surface area contributed by atoms with Gasteiger partial charge in [-0.1, -0.05) is 42.1 Å². The molecule has 112 valence electrons. The molecule has 1 rings (SSSR count). The van der Waals surface area contributed by atoms with E-state index in [-0.39, 0.29) is 5.56 Å². The lowest BCUT2D eigenvalue weighted by Crippen LogP contribution is -2.18. The van der Waals surface area contributed by atoms with Gasteiger partial charge < -0.3 is 19.6 Å². The Hall–Kier alpha value is -0.460. The summed E-state index contributed by atoms with van der Waals surface area (Å²) in [5.41, 5.74) is 0.268. The molecule has 4 N–H and O–H groups in total. The van der Waals surface area contributed by atoms with E-state index in [1.807, 2.05) is 0 Å². The summed E-state index contributed by atoms with van der Waals surface area (Å²) in [4.78, 5) is 48.3. The van der Waals surface area contributed by atoms with Gasteiger partial charge in [-0.2, -0.15) is 0 Å². The zero-order valence-corrected chi connectivity index (χ0v) is 13.0. The van der Waals surface area contributed by atoms with Crippen LogP contribution < -0.4 is 0 Å². The molecule has 1 atom stereocenters. The molecule has 0 radical (unpaired) electrons. The number of rotatable bonds is 5. The molecular formula is C10H14O7P2S. The average molecular weight is 340 g/mol. The Bertz CT molecular complexity index is 542. The lowest BCUT2D eigenvalue weighted by molar-refractivity contribution is -0.109. The average Bonchev–Trinajstić information content (AvgIpc) is 2.25. The molecule has 1 aromatic carbocycles. The van der Waals surface area contributed by atoms with Crippen LogP contribution in [0.2, 0.25) is 0 Å². The van der Waals surface area contributed by atoms with Crippen molar-refractivity contribution in [2.24, 2.45) is 0 Å². The van der Waals surface area contributed by atoms with E-state index >= 15 is 0 Å². The Labute approximate surface area is 119 Å². The molecular weight excluding hydrogens is 326 g/mol. The van der Waals surface area contributed by atoms with Crippen LogP contribution in [0, 0.1) is 0 Å². The zero-order valence-electron chi connectivity index (χ0n) is 10.4. The second kappa shape index (κ2) is 6.54. The minimum atomic E-state index is -5.11. The van der Waals surface area contributed by atoms with Gasteiger partial charge in [-0.15, -0.1) is 0 Å². The molecule has 0 spiro atoms. The maximum atomic E-state index is 11.5.